The Morgan fingerprint density at radius 3 is 2.58 bits per heavy atom. The first-order chi connectivity index (χ1) is 9.08. The van der Waals surface area contributed by atoms with Crippen LogP contribution in [0, 0.1) is 0 Å². The number of hydrogen-bond donors (Lipinski definition) is 1. The number of aromatic nitrogens is 1. The summed E-state index contributed by atoms with van der Waals surface area (Å²) >= 11 is 1.80. The molecule has 0 bridgehead atoms. The molecule has 1 aliphatic heterocycles. The van der Waals surface area contributed by atoms with Crippen molar-refractivity contribution in [1.29, 1.82) is 0 Å². The van der Waals surface area contributed by atoms with Gasteiger partial charge in [0.05, 0.1) is 28.3 Å². The fraction of sp³-hybridized carbons (Fsp3) is 0.800. The van der Waals surface area contributed by atoms with E-state index in [0.29, 0.717) is 0 Å². The Hall–Kier alpha value is -0.450. The van der Waals surface area contributed by atoms with E-state index in [2.05, 4.69) is 13.8 Å². The van der Waals surface area contributed by atoms with Crippen molar-refractivity contribution in [1.82, 2.24) is 4.98 Å². The van der Waals surface area contributed by atoms with E-state index in [-0.39, 0.29) is 17.7 Å². The summed E-state index contributed by atoms with van der Waals surface area (Å²) in [6, 6.07) is 0. The van der Waals surface area contributed by atoms with Crippen molar-refractivity contribution in [3.63, 3.8) is 0 Å². The lowest BCUT2D eigenvalue weighted by Crippen LogP contribution is -2.35. The third kappa shape index (κ3) is 2.58. The van der Waals surface area contributed by atoms with Crippen LogP contribution in [0.15, 0.2) is 0 Å². The molecule has 106 valence electrons. The largest absolute Gasteiger partial charge is 0.370 e. The van der Waals surface area contributed by atoms with Crippen LogP contribution in [0.2, 0.25) is 0 Å². The first-order valence-corrected chi connectivity index (χ1v) is 8.34. The zero-order chi connectivity index (χ0) is 13.5. The normalized spacial score (nSPS) is 30.7. The number of ether oxygens (including phenoxy) is 1. The second kappa shape index (κ2) is 5.15. The molecular weight excluding hydrogens is 256 g/mol. The lowest BCUT2D eigenvalue weighted by molar-refractivity contribution is -0.00320. The van der Waals surface area contributed by atoms with E-state index in [1.165, 1.54) is 36.3 Å². The molecule has 1 aromatic rings. The van der Waals surface area contributed by atoms with E-state index in [0.717, 1.165) is 24.3 Å². The minimum atomic E-state index is -0.179. The zero-order valence-electron chi connectivity index (χ0n) is 11.9. The quantitative estimate of drug-likeness (QED) is 0.798. The number of nitrogens with two attached hydrogens (primary N) is 1. The minimum Gasteiger partial charge on any atom is -0.370 e. The summed E-state index contributed by atoms with van der Waals surface area (Å²) in [6.07, 6.45) is 8.69. The van der Waals surface area contributed by atoms with Gasteiger partial charge in [0.2, 0.25) is 0 Å². The van der Waals surface area contributed by atoms with E-state index >= 15 is 0 Å². The van der Waals surface area contributed by atoms with Gasteiger partial charge in [0, 0.05) is 6.42 Å². The highest BCUT2D eigenvalue weighted by molar-refractivity contribution is 7.12. The zero-order valence-corrected chi connectivity index (χ0v) is 12.8. The molecule has 1 saturated carbocycles. The third-order valence-electron chi connectivity index (χ3n) is 4.44. The Balaban J connectivity index is 1.91. The van der Waals surface area contributed by atoms with Gasteiger partial charge in [-0.25, -0.2) is 4.98 Å². The van der Waals surface area contributed by atoms with Crippen molar-refractivity contribution in [3.8, 4) is 0 Å². The second-order valence-electron chi connectivity index (χ2n) is 6.19. The number of fused-ring (bicyclic) bond motifs is 1. The molecule has 2 unspecified atom stereocenters. The van der Waals surface area contributed by atoms with Crippen LogP contribution in [0.25, 0.3) is 0 Å². The Kier molecular flexibility index (Phi) is 3.67. The summed E-state index contributed by atoms with van der Waals surface area (Å²) in [7, 11) is 0. The van der Waals surface area contributed by atoms with Gasteiger partial charge in [-0.05, 0) is 26.7 Å². The molecule has 3 nitrogen and oxygen atoms in total. The molecule has 0 amide bonds. The molecule has 2 N–H and O–H groups in total. The predicted octanol–water partition coefficient (Wildman–Crippen LogP) is 3.67. The summed E-state index contributed by atoms with van der Waals surface area (Å²) < 4.78 is 5.90. The highest BCUT2D eigenvalue weighted by Gasteiger charge is 2.35. The van der Waals surface area contributed by atoms with Crippen molar-refractivity contribution in [2.45, 2.75) is 76.5 Å². The number of thiazole rings is 1. The maximum atomic E-state index is 6.68. The Morgan fingerprint density at radius 2 is 1.89 bits per heavy atom. The second-order valence-corrected chi connectivity index (χ2v) is 7.22. The lowest BCUT2D eigenvalue weighted by Gasteiger charge is -2.25. The molecule has 0 radical (unpaired) electrons. The summed E-state index contributed by atoms with van der Waals surface area (Å²) in [5.74, 6) is 0. The van der Waals surface area contributed by atoms with Crippen LogP contribution in [-0.2, 0) is 16.7 Å². The van der Waals surface area contributed by atoms with E-state index in [9.17, 15) is 0 Å². The molecule has 2 atom stereocenters. The molecule has 3 rings (SSSR count). The first kappa shape index (κ1) is 13.5. The van der Waals surface area contributed by atoms with Crippen LogP contribution in [-0.4, -0.2) is 11.1 Å². The van der Waals surface area contributed by atoms with Gasteiger partial charge in [-0.2, -0.15) is 0 Å². The van der Waals surface area contributed by atoms with Crippen LogP contribution in [0.4, 0.5) is 0 Å². The average Bonchev–Trinajstić information content (AvgIpc) is 2.66. The average molecular weight is 280 g/mol. The van der Waals surface area contributed by atoms with Crippen molar-refractivity contribution in [2.75, 3.05) is 0 Å². The van der Waals surface area contributed by atoms with Crippen LogP contribution in [0.5, 0.6) is 0 Å². The third-order valence-corrected chi connectivity index (χ3v) is 5.91. The smallest absolute Gasteiger partial charge is 0.113 e. The van der Waals surface area contributed by atoms with Crippen LogP contribution in [0.3, 0.4) is 0 Å². The van der Waals surface area contributed by atoms with E-state index in [1.54, 1.807) is 11.3 Å². The fourth-order valence-corrected chi connectivity index (χ4v) is 4.58. The summed E-state index contributed by atoms with van der Waals surface area (Å²) in [4.78, 5) is 6.21. The first-order valence-electron chi connectivity index (χ1n) is 7.53. The predicted molar refractivity (Wildman–Crippen MR) is 78.3 cm³/mol. The van der Waals surface area contributed by atoms with Gasteiger partial charge in [0.15, 0.2) is 0 Å². The van der Waals surface area contributed by atoms with Gasteiger partial charge in [0.25, 0.3) is 0 Å². The van der Waals surface area contributed by atoms with Gasteiger partial charge in [0.1, 0.15) is 5.01 Å². The SMILES string of the molecule is CC1Cc2nc(C3(N)CCCCCC3)sc2C(C)O1. The molecule has 0 aromatic carbocycles. The van der Waals surface area contributed by atoms with Crippen molar-refractivity contribution in [3.05, 3.63) is 15.6 Å². The van der Waals surface area contributed by atoms with Crippen LogP contribution >= 0.6 is 11.3 Å². The molecule has 2 heterocycles. The standard InChI is InChI=1S/C15H24N2OS/c1-10-9-12-13(11(2)18-10)19-14(17-12)15(16)7-5-3-4-6-8-15/h10-11H,3-9,16H2,1-2H3. The molecule has 1 aliphatic carbocycles. The number of rotatable bonds is 1. The topological polar surface area (TPSA) is 48.1 Å². The molecular formula is C15H24N2OS. The van der Waals surface area contributed by atoms with Crippen LogP contribution in [0.1, 0.15) is 74.1 Å². The van der Waals surface area contributed by atoms with Gasteiger partial charge in [-0.1, -0.05) is 25.7 Å². The molecule has 2 aliphatic rings. The number of nitrogens with zero attached hydrogens (tertiary/aromatic N) is 1. The monoisotopic (exact) mass is 280 g/mol. The molecule has 0 saturated heterocycles. The van der Waals surface area contributed by atoms with Gasteiger partial charge in [-0.3, -0.25) is 0 Å². The van der Waals surface area contributed by atoms with Gasteiger partial charge in [-0.15, -0.1) is 11.3 Å². The van der Waals surface area contributed by atoms with Crippen LogP contribution < -0.4 is 5.73 Å². The van der Waals surface area contributed by atoms with Crippen molar-refractivity contribution < 1.29 is 4.74 Å². The van der Waals surface area contributed by atoms with E-state index in [4.69, 9.17) is 15.5 Å². The fourth-order valence-electron chi connectivity index (χ4n) is 3.34. The highest BCUT2D eigenvalue weighted by Crippen LogP contribution is 2.41. The number of hydrogen-bond acceptors (Lipinski definition) is 4. The van der Waals surface area contributed by atoms with Gasteiger partial charge >= 0.3 is 0 Å². The Bertz CT molecular complexity index is 449. The summed E-state index contributed by atoms with van der Waals surface area (Å²) in [5.41, 5.74) is 7.74. The molecule has 1 fully saturated rings. The Morgan fingerprint density at radius 1 is 1.21 bits per heavy atom. The summed E-state index contributed by atoms with van der Waals surface area (Å²) in [5, 5.41) is 1.16. The summed E-state index contributed by atoms with van der Waals surface area (Å²) in [6.45, 7) is 4.26. The molecule has 0 spiro atoms. The van der Waals surface area contributed by atoms with E-state index in [1.807, 2.05) is 0 Å². The van der Waals surface area contributed by atoms with Crippen molar-refractivity contribution in [2.24, 2.45) is 5.73 Å². The van der Waals surface area contributed by atoms with E-state index < -0.39 is 0 Å². The minimum absolute atomic E-state index is 0.179. The molecule has 1 aromatic heterocycles. The highest BCUT2D eigenvalue weighted by atomic mass is 32.1. The molecule has 4 heteroatoms. The maximum absolute atomic E-state index is 6.68. The van der Waals surface area contributed by atoms with Crippen molar-refractivity contribution >= 4 is 11.3 Å². The van der Waals surface area contributed by atoms with Gasteiger partial charge < -0.3 is 10.5 Å². The lowest BCUT2D eigenvalue weighted by atomic mass is 9.92. The maximum Gasteiger partial charge on any atom is 0.113 e. The molecule has 19 heavy (non-hydrogen) atoms. The Labute approximate surface area is 119 Å².